The van der Waals surface area contributed by atoms with E-state index in [1.165, 1.54) is 11.1 Å². The molecule has 0 aliphatic heterocycles. The molecule has 0 radical (unpaired) electrons. The fourth-order valence-corrected chi connectivity index (χ4v) is 1.82. The van der Waals surface area contributed by atoms with Crippen molar-refractivity contribution in [2.75, 3.05) is 0 Å². The Hall–Kier alpha value is -1.68. The van der Waals surface area contributed by atoms with E-state index >= 15 is 0 Å². The Labute approximate surface area is 101 Å². The molecule has 90 valence electrons. The Balaban J connectivity index is 1.92. The van der Waals surface area contributed by atoms with Crippen molar-refractivity contribution < 1.29 is 0 Å². The summed E-state index contributed by atoms with van der Waals surface area (Å²) in [5, 5.41) is 10.3. The summed E-state index contributed by atoms with van der Waals surface area (Å²) in [6, 6.07) is 4.12. The number of aryl methyl sites for hydroxylation is 2. The van der Waals surface area contributed by atoms with Crippen molar-refractivity contribution in [3.63, 3.8) is 0 Å². The van der Waals surface area contributed by atoms with Crippen LogP contribution in [-0.4, -0.2) is 15.2 Å². The van der Waals surface area contributed by atoms with Crippen LogP contribution in [0.3, 0.4) is 0 Å². The molecular formula is C13H18N4. The first-order valence-electron chi connectivity index (χ1n) is 5.93. The highest BCUT2D eigenvalue weighted by Gasteiger charge is 2.02. The van der Waals surface area contributed by atoms with Crippen LogP contribution in [0.4, 0.5) is 0 Å². The summed E-state index contributed by atoms with van der Waals surface area (Å²) in [6.07, 6.45) is 4.73. The van der Waals surface area contributed by atoms with Gasteiger partial charge in [0.15, 0.2) is 0 Å². The van der Waals surface area contributed by atoms with E-state index in [-0.39, 0.29) is 0 Å². The quantitative estimate of drug-likeness (QED) is 0.825. The normalized spacial score (nSPS) is 10.7. The molecular weight excluding hydrogens is 212 g/mol. The largest absolute Gasteiger partial charge is 0.307 e. The molecule has 0 unspecified atom stereocenters. The lowest BCUT2D eigenvalue weighted by atomic mass is 10.1. The van der Waals surface area contributed by atoms with Gasteiger partial charge in [-0.05, 0) is 25.0 Å². The maximum atomic E-state index is 4.40. The smallest absolute Gasteiger partial charge is 0.0573 e. The van der Waals surface area contributed by atoms with Gasteiger partial charge in [0.1, 0.15) is 0 Å². The van der Waals surface area contributed by atoms with Gasteiger partial charge >= 0.3 is 0 Å². The van der Waals surface area contributed by atoms with Crippen LogP contribution < -0.4 is 5.32 Å². The Morgan fingerprint density at radius 3 is 2.88 bits per heavy atom. The number of hydrogen-bond donors (Lipinski definition) is 2. The second kappa shape index (κ2) is 5.59. The van der Waals surface area contributed by atoms with Crippen LogP contribution in [0.25, 0.3) is 0 Å². The zero-order valence-corrected chi connectivity index (χ0v) is 10.3. The fraction of sp³-hybridized carbons (Fsp3) is 0.385. The predicted octanol–water partition coefficient (Wildman–Crippen LogP) is 1.97. The molecule has 0 aromatic carbocycles. The van der Waals surface area contributed by atoms with Crippen LogP contribution in [0.15, 0.2) is 24.5 Å². The third kappa shape index (κ3) is 2.91. The first kappa shape index (κ1) is 11.8. The van der Waals surface area contributed by atoms with Crippen LogP contribution in [0.2, 0.25) is 0 Å². The van der Waals surface area contributed by atoms with Crippen molar-refractivity contribution in [2.24, 2.45) is 0 Å². The zero-order valence-electron chi connectivity index (χ0n) is 10.3. The number of H-pyrrole nitrogens is 1. The molecule has 4 heteroatoms. The van der Waals surface area contributed by atoms with Crippen molar-refractivity contribution in [1.29, 1.82) is 0 Å². The number of rotatable bonds is 5. The number of aromatic nitrogens is 3. The van der Waals surface area contributed by atoms with E-state index in [0.717, 1.165) is 30.9 Å². The van der Waals surface area contributed by atoms with Crippen LogP contribution in [0.5, 0.6) is 0 Å². The minimum Gasteiger partial charge on any atom is -0.307 e. The first-order valence-corrected chi connectivity index (χ1v) is 5.93. The van der Waals surface area contributed by atoms with E-state index in [1.54, 1.807) is 0 Å². The minimum absolute atomic E-state index is 0.800. The molecule has 2 rings (SSSR count). The summed E-state index contributed by atoms with van der Waals surface area (Å²) in [5.74, 6) is 0. The Kier molecular flexibility index (Phi) is 3.88. The van der Waals surface area contributed by atoms with Crippen LogP contribution in [0, 0.1) is 6.92 Å². The van der Waals surface area contributed by atoms with E-state index < -0.39 is 0 Å². The summed E-state index contributed by atoms with van der Waals surface area (Å²) >= 11 is 0. The second-order valence-electron chi connectivity index (χ2n) is 4.09. The highest BCUT2D eigenvalue weighted by molar-refractivity contribution is 5.20. The molecule has 0 bridgehead atoms. The van der Waals surface area contributed by atoms with Gasteiger partial charge < -0.3 is 5.32 Å². The highest BCUT2D eigenvalue weighted by atomic mass is 15.1. The van der Waals surface area contributed by atoms with Gasteiger partial charge in [-0.2, -0.15) is 5.10 Å². The van der Waals surface area contributed by atoms with Gasteiger partial charge in [-0.15, -0.1) is 0 Å². The van der Waals surface area contributed by atoms with Crippen molar-refractivity contribution in [3.05, 3.63) is 47.0 Å². The topological polar surface area (TPSA) is 53.6 Å². The summed E-state index contributed by atoms with van der Waals surface area (Å²) in [5.41, 5.74) is 4.77. The third-order valence-electron chi connectivity index (χ3n) is 2.91. The molecule has 2 N–H and O–H groups in total. The van der Waals surface area contributed by atoms with Crippen LogP contribution in [0.1, 0.15) is 29.4 Å². The standard InChI is InChI=1S/C13H18N4/c1-3-11-5-4-6-15-13(11)9-14-7-12-8-16-17-10(12)2/h4-6,8,14H,3,7,9H2,1-2H3,(H,16,17). The monoisotopic (exact) mass is 230 g/mol. The molecule has 0 aliphatic carbocycles. The zero-order chi connectivity index (χ0) is 12.1. The lowest BCUT2D eigenvalue weighted by Crippen LogP contribution is -2.15. The second-order valence-corrected chi connectivity index (χ2v) is 4.09. The van der Waals surface area contributed by atoms with E-state index in [9.17, 15) is 0 Å². The van der Waals surface area contributed by atoms with E-state index in [4.69, 9.17) is 0 Å². The summed E-state index contributed by atoms with van der Waals surface area (Å²) in [7, 11) is 0. The van der Waals surface area contributed by atoms with Crippen LogP contribution in [-0.2, 0) is 19.5 Å². The molecule has 17 heavy (non-hydrogen) atoms. The van der Waals surface area contributed by atoms with Crippen molar-refractivity contribution in [2.45, 2.75) is 33.4 Å². The highest BCUT2D eigenvalue weighted by Crippen LogP contribution is 2.07. The van der Waals surface area contributed by atoms with E-state index in [2.05, 4.69) is 33.5 Å². The molecule has 0 fully saturated rings. The minimum atomic E-state index is 0.800. The number of pyridine rings is 1. The Morgan fingerprint density at radius 2 is 2.18 bits per heavy atom. The van der Waals surface area contributed by atoms with E-state index in [0.29, 0.717) is 0 Å². The summed E-state index contributed by atoms with van der Waals surface area (Å²) in [6.45, 7) is 5.81. The number of nitrogens with one attached hydrogen (secondary N) is 2. The lowest BCUT2D eigenvalue weighted by Gasteiger charge is -2.07. The average Bonchev–Trinajstić information content (AvgIpc) is 2.76. The van der Waals surface area contributed by atoms with Gasteiger partial charge in [-0.25, -0.2) is 0 Å². The van der Waals surface area contributed by atoms with Gasteiger partial charge in [0.25, 0.3) is 0 Å². The van der Waals surface area contributed by atoms with Gasteiger partial charge in [-0.3, -0.25) is 10.1 Å². The molecule has 0 atom stereocenters. The molecule has 2 heterocycles. The Morgan fingerprint density at radius 1 is 1.29 bits per heavy atom. The average molecular weight is 230 g/mol. The van der Waals surface area contributed by atoms with Crippen molar-refractivity contribution in [1.82, 2.24) is 20.5 Å². The Bertz CT molecular complexity index is 476. The predicted molar refractivity (Wildman–Crippen MR) is 67.5 cm³/mol. The van der Waals surface area contributed by atoms with Gasteiger partial charge in [-0.1, -0.05) is 13.0 Å². The third-order valence-corrected chi connectivity index (χ3v) is 2.91. The van der Waals surface area contributed by atoms with Gasteiger partial charge in [0.2, 0.25) is 0 Å². The SMILES string of the molecule is CCc1cccnc1CNCc1cn[nH]c1C. The fourth-order valence-electron chi connectivity index (χ4n) is 1.82. The first-order chi connectivity index (χ1) is 8.31. The molecule has 0 spiro atoms. The molecule has 2 aromatic rings. The molecule has 0 saturated carbocycles. The van der Waals surface area contributed by atoms with Gasteiger partial charge in [0, 0.05) is 30.5 Å². The maximum Gasteiger partial charge on any atom is 0.0573 e. The number of hydrogen-bond acceptors (Lipinski definition) is 3. The summed E-state index contributed by atoms with van der Waals surface area (Å²) < 4.78 is 0. The maximum absolute atomic E-state index is 4.40. The van der Waals surface area contributed by atoms with Gasteiger partial charge in [0.05, 0.1) is 11.9 Å². The molecule has 0 aliphatic rings. The molecule has 2 aromatic heterocycles. The molecule has 0 saturated heterocycles. The summed E-state index contributed by atoms with van der Waals surface area (Å²) in [4.78, 5) is 4.40. The number of aromatic amines is 1. The molecule has 0 amide bonds. The van der Waals surface area contributed by atoms with Crippen molar-refractivity contribution in [3.8, 4) is 0 Å². The number of nitrogens with zero attached hydrogens (tertiary/aromatic N) is 2. The lowest BCUT2D eigenvalue weighted by molar-refractivity contribution is 0.671. The van der Waals surface area contributed by atoms with Crippen LogP contribution >= 0.6 is 0 Å². The van der Waals surface area contributed by atoms with Crippen molar-refractivity contribution >= 4 is 0 Å². The van der Waals surface area contributed by atoms with E-state index in [1.807, 2.05) is 25.4 Å². The molecule has 4 nitrogen and oxygen atoms in total.